The van der Waals surface area contributed by atoms with Crippen molar-refractivity contribution in [2.45, 2.75) is 25.9 Å². The zero-order valence-corrected chi connectivity index (χ0v) is 16.1. The van der Waals surface area contributed by atoms with Crippen LogP contribution in [0.2, 0.25) is 0 Å². The predicted octanol–water partition coefficient (Wildman–Crippen LogP) is 3.11. The molecule has 0 fully saturated rings. The molecular formula is C21H25N6+. The fraction of sp³-hybridized carbons (Fsp3) is 0.286. The van der Waals surface area contributed by atoms with E-state index in [4.69, 9.17) is 5.10 Å². The van der Waals surface area contributed by atoms with Gasteiger partial charge in [-0.15, -0.1) is 5.10 Å². The minimum atomic E-state index is 0.156. The normalized spacial score (nSPS) is 14.0. The highest BCUT2D eigenvalue weighted by Crippen LogP contribution is 2.27. The first-order chi connectivity index (χ1) is 13.1. The summed E-state index contributed by atoms with van der Waals surface area (Å²) in [6, 6.07) is 19.2. The van der Waals surface area contributed by atoms with E-state index in [1.165, 1.54) is 5.56 Å². The van der Waals surface area contributed by atoms with Crippen LogP contribution in [-0.4, -0.2) is 40.3 Å². The maximum absolute atomic E-state index is 4.83. The molecule has 2 aromatic carbocycles. The standard InChI is InChI=1S/C21H24N6/c1-14(19(26(3)4)16-10-6-5-7-11-16)22-20-17-12-8-9-13-18(17)21-24-23-15(2)27(21)25-20/h5-14,19H,1-4H3,(H,22,25)/p+1. The van der Waals surface area contributed by atoms with E-state index in [9.17, 15) is 0 Å². The van der Waals surface area contributed by atoms with Crippen LogP contribution in [0.1, 0.15) is 24.4 Å². The SMILES string of the molecule is Cc1[nH]nc2c3ccccc3c(NC(C)C(c3ccccc3)N(C)C)n[n+]12. The van der Waals surface area contributed by atoms with Crippen LogP contribution in [0.15, 0.2) is 54.6 Å². The molecule has 0 aliphatic carbocycles. The fourth-order valence-corrected chi connectivity index (χ4v) is 3.81. The second-order valence-electron chi connectivity index (χ2n) is 7.19. The smallest absolute Gasteiger partial charge is 0.333 e. The van der Waals surface area contributed by atoms with Crippen LogP contribution in [0.25, 0.3) is 16.4 Å². The van der Waals surface area contributed by atoms with Crippen LogP contribution in [0.4, 0.5) is 5.82 Å². The van der Waals surface area contributed by atoms with Gasteiger partial charge < -0.3 is 10.2 Å². The first-order valence-electron chi connectivity index (χ1n) is 9.20. The zero-order chi connectivity index (χ0) is 19.0. The molecule has 0 aliphatic heterocycles. The number of nitrogens with one attached hydrogen (secondary N) is 2. The van der Waals surface area contributed by atoms with E-state index in [1.54, 1.807) is 0 Å². The second-order valence-corrected chi connectivity index (χ2v) is 7.19. The average molecular weight is 361 g/mol. The van der Waals surface area contributed by atoms with Crippen molar-refractivity contribution in [1.82, 2.24) is 20.2 Å². The molecule has 6 heteroatoms. The number of fused-ring (bicyclic) bond motifs is 3. The largest absolute Gasteiger partial charge is 0.363 e. The molecule has 0 amide bonds. The summed E-state index contributed by atoms with van der Waals surface area (Å²) in [4.78, 5) is 2.24. The number of aromatic nitrogens is 4. The van der Waals surface area contributed by atoms with Crippen LogP contribution in [0, 0.1) is 6.92 Å². The topological polar surface area (TPSA) is 60.9 Å². The summed E-state index contributed by atoms with van der Waals surface area (Å²) in [6.45, 7) is 4.17. The molecule has 2 aromatic heterocycles. The summed E-state index contributed by atoms with van der Waals surface area (Å²) in [5, 5.41) is 18.1. The third kappa shape index (κ3) is 3.13. The molecular weight excluding hydrogens is 336 g/mol. The maximum atomic E-state index is 4.83. The average Bonchev–Trinajstić information content (AvgIpc) is 3.04. The van der Waals surface area contributed by atoms with Crippen LogP contribution in [-0.2, 0) is 0 Å². The van der Waals surface area contributed by atoms with Crippen molar-refractivity contribution in [3.63, 3.8) is 0 Å². The number of hydrogen-bond acceptors (Lipinski definition) is 4. The Hall–Kier alpha value is -2.99. The van der Waals surface area contributed by atoms with E-state index < -0.39 is 0 Å². The van der Waals surface area contributed by atoms with E-state index in [0.717, 1.165) is 28.1 Å². The first kappa shape index (κ1) is 17.4. The van der Waals surface area contributed by atoms with Crippen molar-refractivity contribution in [1.29, 1.82) is 0 Å². The van der Waals surface area contributed by atoms with Gasteiger partial charge in [0.2, 0.25) is 0 Å². The van der Waals surface area contributed by atoms with Crippen LogP contribution >= 0.6 is 0 Å². The molecule has 0 saturated carbocycles. The van der Waals surface area contributed by atoms with Gasteiger partial charge in [0.15, 0.2) is 5.82 Å². The highest BCUT2D eigenvalue weighted by Gasteiger charge is 2.24. The minimum absolute atomic E-state index is 0.156. The molecule has 4 aromatic rings. The van der Waals surface area contributed by atoms with Crippen molar-refractivity contribution in [3.8, 4) is 0 Å². The Bertz CT molecular complexity index is 1070. The van der Waals surface area contributed by atoms with Gasteiger partial charge in [0, 0.05) is 23.5 Å². The quantitative estimate of drug-likeness (QED) is 0.536. The monoisotopic (exact) mass is 361 g/mol. The highest BCUT2D eigenvalue weighted by atomic mass is 15.4. The van der Waals surface area contributed by atoms with Crippen LogP contribution in [0.5, 0.6) is 0 Å². The third-order valence-corrected chi connectivity index (χ3v) is 5.00. The summed E-state index contributed by atoms with van der Waals surface area (Å²) in [6.07, 6.45) is 0. The molecule has 0 spiro atoms. The Balaban J connectivity index is 1.78. The van der Waals surface area contributed by atoms with Gasteiger partial charge in [0.25, 0.3) is 5.82 Å². The lowest BCUT2D eigenvalue weighted by Crippen LogP contribution is -2.36. The molecule has 27 heavy (non-hydrogen) atoms. The number of benzene rings is 2. The van der Waals surface area contributed by atoms with Gasteiger partial charge in [-0.3, -0.25) is 0 Å². The molecule has 138 valence electrons. The van der Waals surface area contributed by atoms with Crippen molar-refractivity contribution < 1.29 is 4.52 Å². The zero-order valence-electron chi connectivity index (χ0n) is 16.1. The first-order valence-corrected chi connectivity index (χ1v) is 9.20. The lowest BCUT2D eigenvalue weighted by molar-refractivity contribution is -0.585. The fourth-order valence-electron chi connectivity index (χ4n) is 3.81. The Morgan fingerprint density at radius 2 is 1.67 bits per heavy atom. The van der Waals surface area contributed by atoms with Crippen LogP contribution in [0.3, 0.4) is 0 Å². The van der Waals surface area contributed by atoms with Crippen molar-refractivity contribution in [2.24, 2.45) is 0 Å². The van der Waals surface area contributed by atoms with Crippen molar-refractivity contribution in [3.05, 3.63) is 66.0 Å². The van der Waals surface area contributed by atoms with Crippen LogP contribution < -0.4 is 9.83 Å². The number of hydrogen-bond donors (Lipinski definition) is 2. The summed E-state index contributed by atoms with van der Waals surface area (Å²) in [7, 11) is 4.22. The van der Waals surface area contributed by atoms with Gasteiger partial charge in [0.1, 0.15) is 0 Å². The highest BCUT2D eigenvalue weighted by molar-refractivity contribution is 5.98. The van der Waals surface area contributed by atoms with E-state index >= 15 is 0 Å². The number of nitrogens with zero attached hydrogens (tertiary/aromatic N) is 4. The molecule has 0 aliphatic rings. The number of likely N-dealkylation sites (N-methyl/N-ethyl adjacent to an activating group) is 1. The third-order valence-electron chi connectivity index (χ3n) is 5.00. The lowest BCUT2D eigenvalue weighted by atomic mass is 9.99. The Morgan fingerprint density at radius 1 is 1.00 bits per heavy atom. The Labute approximate surface area is 158 Å². The van der Waals surface area contributed by atoms with Gasteiger partial charge >= 0.3 is 5.65 Å². The van der Waals surface area contributed by atoms with Gasteiger partial charge in [-0.25, -0.2) is 0 Å². The molecule has 0 radical (unpaired) electrons. The Kier molecular flexibility index (Phi) is 4.49. The van der Waals surface area contributed by atoms with Crippen molar-refractivity contribution >= 4 is 22.2 Å². The summed E-state index contributed by atoms with van der Waals surface area (Å²) in [5.41, 5.74) is 2.12. The molecule has 4 rings (SSSR count). The van der Waals surface area contributed by atoms with E-state index in [2.05, 4.69) is 83.9 Å². The number of H-pyrrole nitrogens is 1. The molecule has 2 unspecified atom stereocenters. The number of rotatable bonds is 5. The maximum Gasteiger partial charge on any atom is 0.333 e. The molecule has 2 atom stereocenters. The van der Waals surface area contributed by atoms with Gasteiger partial charge in [0.05, 0.1) is 11.4 Å². The Morgan fingerprint density at radius 3 is 2.37 bits per heavy atom. The van der Waals surface area contributed by atoms with Gasteiger partial charge in [-0.05, 0) is 32.6 Å². The second kappa shape index (κ2) is 6.96. The number of anilines is 1. The summed E-state index contributed by atoms with van der Waals surface area (Å²) in [5.74, 6) is 1.77. The number of aryl methyl sites for hydroxylation is 1. The molecule has 6 nitrogen and oxygen atoms in total. The molecule has 0 saturated heterocycles. The number of aromatic amines is 1. The van der Waals surface area contributed by atoms with E-state index in [1.807, 2.05) is 23.6 Å². The lowest BCUT2D eigenvalue weighted by Gasteiger charge is -2.31. The molecule has 2 N–H and O–H groups in total. The summed E-state index contributed by atoms with van der Waals surface area (Å²) >= 11 is 0. The van der Waals surface area contributed by atoms with E-state index in [-0.39, 0.29) is 12.1 Å². The van der Waals surface area contributed by atoms with Gasteiger partial charge in [-0.1, -0.05) is 58.1 Å². The van der Waals surface area contributed by atoms with Gasteiger partial charge in [-0.2, -0.15) is 0 Å². The predicted molar refractivity (Wildman–Crippen MR) is 108 cm³/mol. The molecule has 0 bridgehead atoms. The van der Waals surface area contributed by atoms with Crippen molar-refractivity contribution in [2.75, 3.05) is 19.4 Å². The van der Waals surface area contributed by atoms with E-state index in [0.29, 0.717) is 0 Å². The molecule has 2 heterocycles. The minimum Gasteiger partial charge on any atom is -0.363 e. The summed E-state index contributed by atoms with van der Waals surface area (Å²) < 4.78 is 1.87.